The molecule has 0 spiro atoms. The maximum Gasteiger partial charge on any atom is 0.261 e. The van der Waals surface area contributed by atoms with E-state index in [9.17, 15) is 17.6 Å². The number of nitrogens with one attached hydrogen (secondary N) is 2. The number of piperidine rings is 1. The Labute approximate surface area is 216 Å². The van der Waals surface area contributed by atoms with Crippen LogP contribution in [0.3, 0.4) is 0 Å². The van der Waals surface area contributed by atoms with Gasteiger partial charge in [-0.05, 0) is 99.4 Å². The first-order valence-corrected chi connectivity index (χ1v) is 13.6. The van der Waals surface area contributed by atoms with Gasteiger partial charge in [0.15, 0.2) is 0 Å². The highest BCUT2D eigenvalue weighted by molar-refractivity contribution is 7.92. The van der Waals surface area contributed by atoms with E-state index >= 15 is 0 Å². The number of nitrogens with zero attached hydrogens (tertiary/aromatic N) is 1. The Morgan fingerprint density at radius 2 is 1.67 bits per heavy atom. The Morgan fingerprint density at radius 1 is 1.00 bits per heavy atom. The fourth-order valence-electron chi connectivity index (χ4n) is 4.24. The van der Waals surface area contributed by atoms with Crippen LogP contribution in [0.2, 0.25) is 5.02 Å². The van der Waals surface area contributed by atoms with Crippen LogP contribution in [0.4, 0.5) is 15.8 Å². The lowest BCUT2D eigenvalue weighted by atomic mass is 9.95. The summed E-state index contributed by atoms with van der Waals surface area (Å²) < 4.78 is 42.2. The second kappa shape index (κ2) is 11.0. The standard InChI is InChI=1S/C27H29ClFN3O3S/c1-18-6-7-22(16-19(18)2)31-36(34,35)23-10-8-21(9-11-23)30-27(33)20-12-14-32(15-13-20)17-24-25(28)4-3-5-26(24)29/h3-11,16,20,31H,12-15,17H2,1-2H3,(H,30,33). The van der Waals surface area contributed by atoms with Crippen molar-refractivity contribution in [3.8, 4) is 0 Å². The fraction of sp³-hybridized carbons (Fsp3) is 0.296. The molecule has 1 heterocycles. The van der Waals surface area contributed by atoms with Gasteiger partial charge in [-0.25, -0.2) is 12.8 Å². The molecule has 3 aromatic carbocycles. The molecule has 2 N–H and O–H groups in total. The van der Waals surface area contributed by atoms with Gasteiger partial charge in [0.05, 0.1) is 4.90 Å². The van der Waals surface area contributed by atoms with Crippen molar-refractivity contribution >= 4 is 38.9 Å². The van der Waals surface area contributed by atoms with Crippen molar-refractivity contribution in [2.24, 2.45) is 5.92 Å². The van der Waals surface area contributed by atoms with E-state index < -0.39 is 10.0 Å². The number of amides is 1. The number of hydrogen-bond acceptors (Lipinski definition) is 4. The van der Waals surface area contributed by atoms with Gasteiger partial charge in [0.2, 0.25) is 5.91 Å². The average molecular weight is 530 g/mol. The number of benzene rings is 3. The Balaban J connectivity index is 1.31. The number of carbonyl (C=O) groups is 1. The summed E-state index contributed by atoms with van der Waals surface area (Å²) >= 11 is 6.14. The van der Waals surface area contributed by atoms with Gasteiger partial charge in [-0.1, -0.05) is 23.7 Å². The minimum Gasteiger partial charge on any atom is -0.326 e. The maximum absolute atomic E-state index is 14.1. The zero-order valence-corrected chi connectivity index (χ0v) is 21.8. The molecule has 1 amide bonds. The van der Waals surface area contributed by atoms with Gasteiger partial charge in [-0.2, -0.15) is 0 Å². The molecule has 1 aliphatic heterocycles. The first-order chi connectivity index (χ1) is 17.1. The van der Waals surface area contributed by atoms with E-state index in [0.29, 0.717) is 54.4 Å². The number of likely N-dealkylation sites (tertiary alicyclic amines) is 1. The van der Waals surface area contributed by atoms with E-state index in [0.717, 1.165) is 11.1 Å². The molecule has 0 aliphatic carbocycles. The van der Waals surface area contributed by atoms with Crippen molar-refractivity contribution in [3.05, 3.63) is 88.2 Å². The summed E-state index contributed by atoms with van der Waals surface area (Å²) in [5.41, 5.74) is 3.59. The summed E-state index contributed by atoms with van der Waals surface area (Å²) in [6, 6.07) is 16.2. The summed E-state index contributed by atoms with van der Waals surface area (Å²) in [4.78, 5) is 15.0. The average Bonchev–Trinajstić information content (AvgIpc) is 2.84. The molecule has 0 bridgehead atoms. The van der Waals surface area contributed by atoms with Crippen molar-refractivity contribution in [1.29, 1.82) is 0 Å². The molecule has 1 fully saturated rings. The van der Waals surface area contributed by atoms with Crippen LogP contribution >= 0.6 is 11.6 Å². The molecule has 0 atom stereocenters. The molecule has 0 saturated carbocycles. The van der Waals surface area contributed by atoms with Crippen LogP contribution in [0.15, 0.2) is 65.6 Å². The molecule has 36 heavy (non-hydrogen) atoms. The number of sulfonamides is 1. The first kappa shape index (κ1) is 26.1. The Morgan fingerprint density at radius 3 is 2.31 bits per heavy atom. The van der Waals surface area contributed by atoms with Gasteiger partial charge >= 0.3 is 0 Å². The number of hydrogen-bond donors (Lipinski definition) is 2. The highest BCUT2D eigenvalue weighted by Crippen LogP contribution is 2.26. The monoisotopic (exact) mass is 529 g/mol. The molecular formula is C27H29ClFN3O3S. The topological polar surface area (TPSA) is 78.5 Å². The zero-order chi connectivity index (χ0) is 25.9. The van der Waals surface area contributed by atoms with E-state index in [4.69, 9.17) is 11.6 Å². The summed E-state index contributed by atoms with van der Waals surface area (Å²) in [5.74, 6) is -0.605. The van der Waals surface area contributed by atoms with Crippen molar-refractivity contribution in [2.75, 3.05) is 23.1 Å². The van der Waals surface area contributed by atoms with E-state index in [-0.39, 0.29) is 22.5 Å². The van der Waals surface area contributed by atoms with Gasteiger partial charge in [0, 0.05) is 34.4 Å². The fourth-order valence-corrected chi connectivity index (χ4v) is 5.51. The molecule has 0 radical (unpaired) electrons. The van der Waals surface area contributed by atoms with Gasteiger partial charge in [0.25, 0.3) is 10.0 Å². The van der Waals surface area contributed by atoms with Gasteiger partial charge in [-0.15, -0.1) is 0 Å². The van der Waals surface area contributed by atoms with Crippen LogP contribution in [-0.4, -0.2) is 32.3 Å². The number of aryl methyl sites for hydroxylation is 2. The van der Waals surface area contributed by atoms with Crippen molar-refractivity contribution in [2.45, 2.75) is 38.1 Å². The predicted octanol–water partition coefficient (Wildman–Crippen LogP) is 5.75. The van der Waals surface area contributed by atoms with Crippen molar-refractivity contribution in [1.82, 2.24) is 4.90 Å². The molecule has 9 heteroatoms. The predicted molar refractivity (Wildman–Crippen MR) is 141 cm³/mol. The minimum atomic E-state index is -3.75. The molecule has 4 rings (SSSR count). The first-order valence-electron chi connectivity index (χ1n) is 11.8. The summed E-state index contributed by atoms with van der Waals surface area (Å²) in [6.07, 6.45) is 1.29. The lowest BCUT2D eigenvalue weighted by Gasteiger charge is -2.31. The molecule has 3 aromatic rings. The Hall–Kier alpha value is -2.94. The van der Waals surface area contributed by atoms with Crippen LogP contribution < -0.4 is 10.0 Å². The normalized spacial score (nSPS) is 15.0. The maximum atomic E-state index is 14.1. The molecule has 190 valence electrons. The number of carbonyl (C=O) groups excluding carboxylic acids is 1. The summed E-state index contributed by atoms with van der Waals surface area (Å²) in [5, 5.41) is 3.29. The number of halogens is 2. The summed E-state index contributed by atoms with van der Waals surface area (Å²) in [6.45, 7) is 5.61. The molecule has 1 aliphatic rings. The van der Waals surface area contributed by atoms with Crippen LogP contribution in [0.1, 0.15) is 29.5 Å². The Bertz CT molecular complexity index is 1330. The van der Waals surface area contributed by atoms with Crippen LogP contribution in [-0.2, 0) is 21.4 Å². The van der Waals surface area contributed by atoms with Crippen LogP contribution in [0, 0.1) is 25.6 Å². The lowest BCUT2D eigenvalue weighted by molar-refractivity contribution is -0.121. The summed E-state index contributed by atoms with van der Waals surface area (Å²) in [7, 11) is -3.75. The minimum absolute atomic E-state index is 0.109. The highest BCUT2D eigenvalue weighted by atomic mass is 35.5. The van der Waals surface area contributed by atoms with Gasteiger partial charge < -0.3 is 5.32 Å². The third-order valence-corrected chi connectivity index (χ3v) is 8.34. The van der Waals surface area contributed by atoms with Crippen molar-refractivity contribution in [3.63, 3.8) is 0 Å². The van der Waals surface area contributed by atoms with E-state index in [1.165, 1.54) is 18.2 Å². The second-order valence-corrected chi connectivity index (χ2v) is 11.3. The third-order valence-electron chi connectivity index (χ3n) is 6.59. The zero-order valence-electron chi connectivity index (χ0n) is 20.2. The van der Waals surface area contributed by atoms with Crippen molar-refractivity contribution < 1.29 is 17.6 Å². The quantitative estimate of drug-likeness (QED) is 0.408. The Kier molecular flexibility index (Phi) is 7.97. The van der Waals surface area contributed by atoms with Crippen LogP contribution in [0.25, 0.3) is 0 Å². The number of rotatable bonds is 7. The van der Waals surface area contributed by atoms with E-state index in [2.05, 4.69) is 14.9 Å². The van der Waals surface area contributed by atoms with Crippen LogP contribution in [0.5, 0.6) is 0 Å². The molecule has 6 nitrogen and oxygen atoms in total. The molecular weight excluding hydrogens is 501 g/mol. The molecule has 1 saturated heterocycles. The van der Waals surface area contributed by atoms with E-state index in [1.807, 2.05) is 19.9 Å². The van der Waals surface area contributed by atoms with E-state index in [1.54, 1.807) is 36.4 Å². The third kappa shape index (κ3) is 6.24. The molecule has 0 unspecified atom stereocenters. The second-order valence-electron chi connectivity index (χ2n) is 9.17. The number of anilines is 2. The van der Waals surface area contributed by atoms with Gasteiger partial charge in [-0.3, -0.25) is 14.4 Å². The van der Waals surface area contributed by atoms with Gasteiger partial charge in [0.1, 0.15) is 5.82 Å². The SMILES string of the molecule is Cc1ccc(NS(=O)(=O)c2ccc(NC(=O)C3CCN(Cc4c(F)cccc4Cl)CC3)cc2)cc1C. The lowest BCUT2D eigenvalue weighted by Crippen LogP contribution is -2.38. The smallest absolute Gasteiger partial charge is 0.261 e. The molecule has 0 aromatic heterocycles. The largest absolute Gasteiger partial charge is 0.326 e. The highest BCUT2D eigenvalue weighted by Gasteiger charge is 2.26.